The molecule has 2 heterocycles. The number of pyridine rings is 2. The molecule has 0 amide bonds. The summed E-state index contributed by atoms with van der Waals surface area (Å²) in [6.07, 6.45) is 4.84. The summed E-state index contributed by atoms with van der Waals surface area (Å²) >= 11 is 0. The number of hydrogen-bond acceptors (Lipinski definition) is 2. The van der Waals surface area contributed by atoms with Crippen LogP contribution in [0.15, 0.2) is 103 Å². The Morgan fingerprint density at radius 1 is 0.600 bits per heavy atom. The molecule has 0 atom stereocenters. The molecule has 3 aromatic carbocycles. The second kappa shape index (κ2) is 7.92. The number of hydrogen-bond donors (Lipinski definition) is 0. The summed E-state index contributed by atoms with van der Waals surface area (Å²) in [4.78, 5) is 9.17. The zero-order valence-electron chi connectivity index (χ0n) is 16.9. The molecule has 0 unspecified atom stereocenters. The Kier molecular flexibility index (Phi) is 4.82. The molecule has 0 spiro atoms. The molecule has 0 bridgehead atoms. The lowest BCUT2D eigenvalue weighted by atomic mass is 9.99. The van der Waals surface area contributed by atoms with E-state index in [2.05, 4.69) is 84.7 Å². The van der Waals surface area contributed by atoms with Gasteiger partial charge in [-0.05, 0) is 52.9 Å². The lowest BCUT2D eigenvalue weighted by molar-refractivity contribution is 1.14. The Morgan fingerprint density at radius 3 is 2.03 bits per heavy atom. The molecule has 0 aliphatic heterocycles. The SMILES string of the molecule is CCc1ccc(-c2ccc3cc(-c4ccc(-c5ccccn5)cc4)cnc3c2)cc1. The Labute approximate surface area is 176 Å². The van der Waals surface area contributed by atoms with Crippen LogP contribution in [0.2, 0.25) is 0 Å². The fourth-order valence-corrected chi connectivity index (χ4v) is 3.76. The average molecular weight is 386 g/mol. The van der Waals surface area contributed by atoms with E-state index in [1.807, 2.05) is 30.6 Å². The highest BCUT2D eigenvalue weighted by Gasteiger charge is 2.05. The van der Waals surface area contributed by atoms with E-state index in [9.17, 15) is 0 Å². The monoisotopic (exact) mass is 386 g/mol. The fourth-order valence-electron chi connectivity index (χ4n) is 3.76. The summed E-state index contributed by atoms with van der Waals surface area (Å²) in [5.41, 5.74) is 9.18. The van der Waals surface area contributed by atoms with Gasteiger partial charge in [0.2, 0.25) is 0 Å². The van der Waals surface area contributed by atoms with Gasteiger partial charge in [0.05, 0.1) is 11.2 Å². The Hall–Kier alpha value is -3.78. The maximum Gasteiger partial charge on any atom is 0.0708 e. The van der Waals surface area contributed by atoms with Gasteiger partial charge in [0.1, 0.15) is 0 Å². The third kappa shape index (κ3) is 3.60. The van der Waals surface area contributed by atoms with Crippen LogP contribution in [0.4, 0.5) is 0 Å². The normalized spacial score (nSPS) is 11.0. The van der Waals surface area contributed by atoms with Gasteiger partial charge in [0, 0.05) is 28.9 Å². The van der Waals surface area contributed by atoms with Crippen molar-refractivity contribution in [2.24, 2.45) is 0 Å². The first-order valence-electron chi connectivity index (χ1n) is 10.3. The van der Waals surface area contributed by atoms with Gasteiger partial charge in [0.25, 0.3) is 0 Å². The molecule has 0 N–H and O–H groups in total. The van der Waals surface area contributed by atoms with E-state index >= 15 is 0 Å². The second-order valence-electron chi connectivity index (χ2n) is 7.47. The van der Waals surface area contributed by atoms with E-state index in [0.29, 0.717) is 0 Å². The molecule has 2 nitrogen and oxygen atoms in total. The second-order valence-corrected chi connectivity index (χ2v) is 7.47. The maximum atomic E-state index is 4.75. The number of aromatic nitrogens is 2. The standard InChI is InChI=1S/C28H22N2/c1-2-20-6-8-21(9-7-20)24-14-15-25-17-26(19-30-28(25)18-24)22-10-12-23(13-11-22)27-5-3-4-16-29-27/h3-19H,2H2,1H3. The van der Waals surface area contributed by atoms with Crippen LogP contribution < -0.4 is 0 Å². The van der Waals surface area contributed by atoms with Crippen LogP contribution in [0, 0.1) is 0 Å². The average Bonchev–Trinajstić information content (AvgIpc) is 2.84. The van der Waals surface area contributed by atoms with Crippen molar-refractivity contribution in [3.8, 4) is 33.5 Å². The molecule has 0 saturated heterocycles. The first kappa shape index (κ1) is 18.3. The van der Waals surface area contributed by atoms with Crippen LogP contribution in [0.3, 0.4) is 0 Å². The molecule has 5 rings (SSSR count). The molecule has 2 heteroatoms. The highest BCUT2D eigenvalue weighted by molar-refractivity contribution is 5.87. The van der Waals surface area contributed by atoms with E-state index in [0.717, 1.165) is 39.7 Å². The molecular weight excluding hydrogens is 364 g/mol. The van der Waals surface area contributed by atoms with E-state index in [1.165, 1.54) is 16.7 Å². The van der Waals surface area contributed by atoms with Gasteiger partial charge in [0.15, 0.2) is 0 Å². The molecule has 30 heavy (non-hydrogen) atoms. The minimum absolute atomic E-state index is 0.986. The third-order valence-corrected chi connectivity index (χ3v) is 5.56. The maximum absolute atomic E-state index is 4.75. The van der Waals surface area contributed by atoms with Gasteiger partial charge in [-0.3, -0.25) is 9.97 Å². The van der Waals surface area contributed by atoms with Gasteiger partial charge in [-0.2, -0.15) is 0 Å². The van der Waals surface area contributed by atoms with Gasteiger partial charge < -0.3 is 0 Å². The summed E-state index contributed by atoms with van der Waals surface area (Å²) in [6, 6.07) is 32.0. The number of aryl methyl sites for hydroxylation is 1. The van der Waals surface area contributed by atoms with Gasteiger partial charge in [-0.1, -0.05) is 73.7 Å². The summed E-state index contributed by atoms with van der Waals surface area (Å²) < 4.78 is 0. The van der Waals surface area contributed by atoms with E-state index < -0.39 is 0 Å². The smallest absolute Gasteiger partial charge is 0.0708 e. The van der Waals surface area contributed by atoms with Crippen molar-refractivity contribution < 1.29 is 0 Å². The van der Waals surface area contributed by atoms with Crippen LogP contribution >= 0.6 is 0 Å². The van der Waals surface area contributed by atoms with Crippen molar-refractivity contribution in [3.05, 3.63) is 109 Å². The zero-order chi connectivity index (χ0) is 20.3. The van der Waals surface area contributed by atoms with Crippen molar-refractivity contribution in [2.75, 3.05) is 0 Å². The first-order chi connectivity index (χ1) is 14.8. The predicted octanol–water partition coefficient (Wildman–Crippen LogP) is 7.19. The highest BCUT2D eigenvalue weighted by Crippen LogP contribution is 2.28. The van der Waals surface area contributed by atoms with Crippen LogP contribution in [-0.4, -0.2) is 9.97 Å². The van der Waals surface area contributed by atoms with Gasteiger partial charge in [-0.15, -0.1) is 0 Å². The largest absolute Gasteiger partial charge is 0.256 e. The topological polar surface area (TPSA) is 25.8 Å². The highest BCUT2D eigenvalue weighted by atomic mass is 14.7. The Balaban J connectivity index is 1.45. The molecule has 0 aliphatic carbocycles. The Morgan fingerprint density at radius 2 is 1.30 bits per heavy atom. The summed E-state index contributed by atoms with van der Waals surface area (Å²) in [5.74, 6) is 0. The molecular formula is C28H22N2. The molecule has 0 saturated carbocycles. The molecule has 2 aromatic heterocycles. The van der Waals surface area contributed by atoms with Gasteiger partial charge >= 0.3 is 0 Å². The fraction of sp³-hybridized carbons (Fsp3) is 0.0714. The quantitative estimate of drug-likeness (QED) is 0.326. The van der Waals surface area contributed by atoms with Gasteiger partial charge in [-0.25, -0.2) is 0 Å². The van der Waals surface area contributed by atoms with Crippen molar-refractivity contribution >= 4 is 10.9 Å². The van der Waals surface area contributed by atoms with Crippen LogP contribution in [-0.2, 0) is 6.42 Å². The lowest BCUT2D eigenvalue weighted by Gasteiger charge is -2.08. The van der Waals surface area contributed by atoms with E-state index in [1.54, 1.807) is 0 Å². The summed E-state index contributed by atoms with van der Waals surface area (Å²) in [6.45, 7) is 2.18. The number of nitrogens with zero attached hydrogens (tertiary/aromatic N) is 2. The Bertz CT molecular complexity index is 1290. The number of rotatable bonds is 4. The first-order valence-corrected chi connectivity index (χ1v) is 10.3. The molecule has 144 valence electrons. The van der Waals surface area contributed by atoms with Crippen molar-refractivity contribution in [1.29, 1.82) is 0 Å². The van der Waals surface area contributed by atoms with Crippen LogP contribution in [0.1, 0.15) is 12.5 Å². The molecule has 5 aromatic rings. The van der Waals surface area contributed by atoms with Crippen LogP contribution in [0.25, 0.3) is 44.4 Å². The van der Waals surface area contributed by atoms with E-state index in [-0.39, 0.29) is 0 Å². The van der Waals surface area contributed by atoms with Crippen molar-refractivity contribution in [3.63, 3.8) is 0 Å². The molecule has 0 radical (unpaired) electrons. The number of fused-ring (bicyclic) bond motifs is 1. The van der Waals surface area contributed by atoms with Crippen LogP contribution in [0.5, 0.6) is 0 Å². The van der Waals surface area contributed by atoms with E-state index in [4.69, 9.17) is 4.98 Å². The van der Waals surface area contributed by atoms with Crippen molar-refractivity contribution in [1.82, 2.24) is 9.97 Å². The predicted molar refractivity (Wildman–Crippen MR) is 125 cm³/mol. The minimum Gasteiger partial charge on any atom is -0.256 e. The third-order valence-electron chi connectivity index (χ3n) is 5.56. The lowest BCUT2D eigenvalue weighted by Crippen LogP contribution is -1.86. The molecule has 0 aliphatic rings. The number of benzene rings is 3. The van der Waals surface area contributed by atoms with Crippen molar-refractivity contribution in [2.45, 2.75) is 13.3 Å². The molecule has 0 fully saturated rings. The zero-order valence-corrected chi connectivity index (χ0v) is 16.9. The summed E-state index contributed by atoms with van der Waals surface area (Å²) in [7, 11) is 0. The minimum atomic E-state index is 0.986. The summed E-state index contributed by atoms with van der Waals surface area (Å²) in [5, 5.41) is 1.15.